The van der Waals surface area contributed by atoms with Crippen LogP contribution in [-0.4, -0.2) is 32.1 Å². The van der Waals surface area contributed by atoms with Gasteiger partial charge in [-0.15, -0.1) is 0 Å². The molecule has 0 spiro atoms. The van der Waals surface area contributed by atoms with Crippen LogP contribution in [0.25, 0.3) is 6.08 Å². The molecule has 0 atom stereocenters. The maximum absolute atomic E-state index is 12.1. The van der Waals surface area contributed by atoms with Crippen LogP contribution in [0.3, 0.4) is 0 Å². The molecule has 2 rings (SSSR count). The summed E-state index contributed by atoms with van der Waals surface area (Å²) in [6.45, 7) is 4.11. The molecule has 0 saturated heterocycles. The Morgan fingerprint density at radius 2 is 1.87 bits per heavy atom. The Morgan fingerprint density at radius 3 is 2.50 bits per heavy atom. The average molecular weight is 408 g/mol. The van der Waals surface area contributed by atoms with E-state index in [1.807, 2.05) is 32.0 Å². The van der Waals surface area contributed by atoms with Gasteiger partial charge in [-0.2, -0.15) is 5.26 Å². The summed E-state index contributed by atoms with van der Waals surface area (Å²) < 4.78 is 16.0. The Labute approximate surface area is 175 Å². The molecule has 0 bridgehead atoms. The number of rotatable bonds is 9. The Kier molecular flexibility index (Phi) is 8.45. The number of carbonyl (C=O) groups is 2. The lowest BCUT2D eigenvalue weighted by Crippen LogP contribution is -2.25. The van der Waals surface area contributed by atoms with Crippen LogP contribution in [0.4, 0.5) is 0 Å². The molecule has 1 amide bonds. The van der Waals surface area contributed by atoms with Crippen LogP contribution < -0.4 is 19.5 Å². The summed E-state index contributed by atoms with van der Waals surface area (Å²) in [5, 5.41) is 11.9. The quantitative estimate of drug-likeness (QED) is 0.295. The first-order valence-electron chi connectivity index (χ1n) is 9.45. The number of amides is 1. The number of hydrogen-bond donors (Lipinski definition) is 1. The highest BCUT2D eigenvalue weighted by Gasteiger charge is 2.13. The van der Waals surface area contributed by atoms with E-state index in [9.17, 15) is 14.9 Å². The van der Waals surface area contributed by atoms with E-state index in [0.29, 0.717) is 23.6 Å². The molecule has 30 heavy (non-hydrogen) atoms. The molecule has 0 radical (unpaired) electrons. The summed E-state index contributed by atoms with van der Waals surface area (Å²) in [6, 6.07) is 13.9. The zero-order chi connectivity index (χ0) is 21.9. The SMILES string of the molecule is CCCNC(=O)/C(C#N)=C/c1ccc(OC(=O)COc2ccc(C)cc2)c(OC)c1. The number of methoxy groups -OCH3 is 1. The Hall–Kier alpha value is -3.79. The van der Waals surface area contributed by atoms with Gasteiger partial charge in [0.1, 0.15) is 17.4 Å². The van der Waals surface area contributed by atoms with Crippen LogP contribution in [0, 0.1) is 18.3 Å². The fraction of sp³-hybridized carbons (Fsp3) is 0.261. The second-order valence-electron chi connectivity index (χ2n) is 6.41. The number of carbonyl (C=O) groups excluding carboxylic acids is 2. The van der Waals surface area contributed by atoms with Crippen molar-refractivity contribution in [3.8, 4) is 23.3 Å². The molecule has 0 unspecified atom stereocenters. The van der Waals surface area contributed by atoms with Crippen LogP contribution in [-0.2, 0) is 9.59 Å². The largest absolute Gasteiger partial charge is 0.493 e. The van der Waals surface area contributed by atoms with E-state index >= 15 is 0 Å². The zero-order valence-electron chi connectivity index (χ0n) is 17.2. The van der Waals surface area contributed by atoms with Crippen molar-refractivity contribution in [2.24, 2.45) is 0 Å². The third-order valence-corrected chi connectivity index (χ3v) is 4.00. The van der Waals surface area contributed by atoms with Crippen LogP contribution >= 0.6 is 0 Å². The third-order valence-electron chi connectivity index (χ3n) is 4.00. The molecule has 1 N–H and O–H groups in total. The highest BCUT2D eigenvalue weighted by Crippen LogP contribution is 2.29. The fourth-order valence-corrected chi connectivity index (χ4v) is 2.44. The molecule has 2 aromatic carbocycles. The highest BCUT2D eigenvalue weighted by molar-refractivity contribution is 6.01. The molecule has 0 saturated carbocycles. The Bertz CT molecular complexity index is 959. The minimum Gasteiger partial charge on any atom is -0.493 e. The van der Waals surface area contributed by atoms with Gasteiger partial charge in [0.2, 0.25) is 0 Å². The van der Waals surface area contributed by atoms with Crippen molar-refractivity contribution >= 4 is 18.0 Å². The van der Waals surface area contributed by atoms with Crippen molar-refractivity contribution in [3.05, 3.63) is 59.2 Å². The molecule has 7 heteroatoms. The van der Waals surface area contributed by atoms with Crippen molar-refractivity contribution in [3.63, 3.8) is 0 Å². The van der Waals surface area contributed by atoms with Crippen molar-refractivity contribution in [1.82, 2.24) is 5.32 Å². The van der Waals surface area contributed by atoms with E-state index in [0.717, 1.165) is 12.0 Å². The molecule has 156 valence electrons. The first-order valence-corrected chi connectivity index (χ1v) is 9.45. The highest BCUT2D eigenvalue weighted by atomic mass is 16.6. The number of benzene rings is 2. The van der Waals surface area contributed by atoms with Crippen molar-refractivity contribution in [2.45, 2.75) is 20.3 Å². The molecule has 0 fully saturated rings. The number of nitriles is 1. The molecule has 0 aliphatic rings. The van der Waals surface area contributed by atoms with E-state index in [1.165, 1.54) is 19.3 Å². The maximum Gasteiger partial charge on any atom is 0.349 e. The van der Waals surface area contributed by atoms with Crippen LogP contribution in [0.15, 0.2) is 48.0 Å². The van der Waals surface area contributed by atoms with Gasteiger partial charge in [0.15, 0.2) is 18.1 Å². The predicted molar refractivity (Wildman–Crippen MR) is 112 cm³/mol. The van der Waals surface area contributed by atoms with Gasteiger partial charge in [-0.25, -0.2) is 4.79 Å². The molecule has 0 aliphatic carbocycles. The van der Waals surface area contributed by atoms with Gasteiger partial charge in [0.05, 0.1) is 7.11 Å². The zero-order valence-corrected chi connectivity index (χ0v) is 17.2. The number of hydrogen-bond acceptors (Lipinski definition) is 6. The van der Waals surface area contributed by atoms with E-state index in [1.54, 1.807) is 24.3 Å². The second-order valence-corrected chi connectivity index (χ2v) is 6.41. The normalized spacial score (nSPS) is 10.7. The van der Waals surface area contributed by atoms with E-state index in [2.05, 4.69) is 5.32 Å². The monoisotopic (exact) mass is 408 g/mol. The fourth-order valence-electron chi connectivity index (χ4n) is 2.44. The summed E-state index contributed by atoms with van der Waals surface area (Å²) in [6.07, 6.45) is 2.21. The van der Waals surface area contributed by atoms with Crippen molar-refractivity contribution < 1.29 is 23.8 Å². The maximum atomic E-state index is 12.1. The van der Waals surface area contributed by atoms with Crippen molar-refractivity contribution in [2.75, 3.05) is 20.3 Å². The van der Waals surface area contributed by atoms with Gasteiger partial charge in [0, 0.05) is 6.54 Å². The second kappa shape index (κ2) is 11.3. The van der Waals surface area contributed by atoms with E-state index in [4.69, 9.17) is 14.2 Å². The average Bonchev–Trinajstić information content (AvgIpc) is 2.76. The lowest BCUT2D eigenvalue weighted by atomic mass is 10.1. The third kappa shape index (κ3) is 6.67. The predicted octanol–water partition coefficient (Wildman–Crippen LogP) is 3.42. The summed E-state index contributed by atoms with van der Waals surface area (Å²) >= 11 is 0. The Morgan fingerprint density at radius 1 is 1.13 bits per heavy atom. The summed E-state index contributed by atoms with van der Waals surface area (Å²) in [7, 11) is 1.43. The molecule has 0 heterocycles. The van der Waals surface area contributed by atoms with E-state index in [-0.39, 0.29) is 17.9 Å². The minimum absolute atomic E-state index is 0.0262. The van der Waals surface area contributed by atoms with Crippen LogP contribution in [0.2, 0.25) is 0 Å². The number of aryl methyl sites for hydroxylation is 1. The standard InChI is InChI=1S/C23H24N2O5/c1-4-11-25-23(27)18(14-24)12-17-7-10-20(21(13-17)28-3)30-22(26)15-29-19-8-5-16(2)6-9-19/h5-10,12-13H,4,11,15H2,1-3H3,(H,25,27)/b18-12+. The molecule has 0 aliphatic heterocycles. The molecule has 2 aromatic rings. The number of esters is 1. The topological polar surface area (TPSA) is 97.7 Å². The minimum atomic E-state index is -0.589. The van der Waals surface area contributed by atoms with Crippen LogP contribution in [0.1, 0.15) is 24.5 Å². The molecular formula is C23H24N2O5. The lowest BCUT2D eigenvalue weighted by Gasteiger charge is -2.11. The van der Waals surface area contributed by atoms with Crippen LogP contribution in [0.5, 0.6) is 17.2 Å². The van der Waals surface area contributed by atoms with Gasteiger partial charge in [-0.3, -0.25) is 4.79 Å². The van der Waals surface area contributed by atoms with Gasteiger partial charge in [-0.1, -0.05) is 30.7 Å². The number of nitrogens with one attached hydrogen (secondary N) is 1. The van der Waals surface area contributed by atoms with Gasteiger partial charge in [-0.05, 0) is 49.2 Å². The first kappa shape index (κ1) is 22.5. The van der Waals surface area contributed by atoms with E-state index < -0.39 is 11.9 Å². The smallest absolute Gasteiger partial charge is 0.349 e. The molecule has 0 aromatic heterocycles. The first-order chi connectivity index (χ1) is 14.5. The van der Waals surface area contributed by atoms with Gasteiger partial charge in [0.25, 0.3) is 5.91 Å². The molecule has 7 nitrogen and oxygen atoms in total. The lowest BCUT2D eigenvalue weighted by molar-refractivity contribution is -0.136. The Balaban J connectivity index is 2.06. The number of ether oxygens (including phenoxy) is 3. The van der Waals surface area contributed by atoms with Gasteiger partial charge >= 0.3 is 5.97 Å². The van der Waals surface area contributed by atoms with Crippen molar-refractivity contribution in [1.29, 1.82) is 5.26 Å². The van der Waals surface area contributed by atoms with Gasteiger partial charge < -0.3 is 19.5 Å². The summed E-state index contributed by atoms with van der Waals surface area (Å²) in [5.41, 5.74) is 1.62. The molecular weight excluding hydrogens is 384 g/mol. The summed E-state index contributed by atoms with van der Waals surface area (Å²) in [5.74, 6) is 0.0334. The number of nitrogens with zero attached hydrogens (tertiary/aromatic N) is 1. The summed E-state index contributed by atoms with van der Waals surface area (Å²) in [4.78, 5) is 24.1.